The van der Waals surface area contributed by atoms with Gasteiger partial charge in [0.05, 0.1) is 4.92 Å². The van der Waals surface area contributed by atoms with Gasteiger partial charge in [0.25, 0.3) is 11.6 Å². The SMILES string of the molecule is CN(Cc1ccccc1Br)C(=O)c1ccccc1[N+](=O)[O-]. The second kappa shape index (κ2) is 6.49. The number of carbonyl (C=O) groups excluding carboxylic acids is 1. The van der Waals surface area contributed by atoms with E-state index in [2.05, 4.69) is 15.9 Å². The molecule has 5 nitrogen and oxygen atoms in total. The van der Waals surface area contributed by atoms with Crippen LogP contribution in [0.3, 0.4) is 0 Å². The molecule has 0 aliphatic rings. The van der Waals surface area contributed by atoms with Crippen LogP contribution in [0, 0.1) is 10.1 Å². The van der Waals surface area contributed by atoms with E-state index >= 15 is 0 Å². The topological polar surface area (TPSA) is 63.5 Å². The molecular formula is C15H13BrN2O3. The Kier molecular flexibility index (Phi) is 4.70. The smallest absolute Gasteiger partial charge is 0.282 e. The average molecular weight is 349 g/mol. The predicted octanol–water partition coefficient (Wildman–Crippen LogP) is 3.63. The van der Waals surface area contributed by atoms with Crippen LogP contribution in [-0.4, -0.2) is 22.8 Å². The molecule has 0 aromatic heterocycles. The van der Waals surface area contributed by atoms with Gasteiger partial charge >= 0.3 is 0 Å². The molecule has 2 rings (SSSR count). The first-order chi connectivity index (χ1) is 10.0. The zero-order valence-corrected chi connectivity index (χ0v) is 12.9. The van der Waals surface area contributed by atoms with E-state index in [0.29, 0.717) is 6.54 Å². The summed E-state index contributed by atoms with van der Waals surface area (Å²) in [6.07, 6.45) is 0. The lowest BCUT2D eigenvalue weighted by atomic mass is 10.1. The Morgan fingerprint density at radius 2 is 1.81 bits per heavy atom. The van der Waals surface area contributed by atoms with Crippen LogP contribution in [0.15, 0.2) is 53.0 Å². The number of nitro groups is 1. The molecule has 0 bridgehead atoms. The summed E-state index contributed by atoms with van der Waals surface area (Å²) in [6.45, 7) is 0.367. The summed E-state index contributed by atoms with van der Waals surface area (Å²) in [5, 5.41) is 11.0. The van der Waals surface area contributed by atoms with Crippen LogP contribution in [0.25, 0.3) is 0 Å². The van der Waals surface area contributed by atoms with E-state index in [4.69, 9.17) is 0 Å². The van der Waals surface area contributed by atoms with Gasteiger partial charge in [-0.2, -0.15) is 0 Å². The monoisotopic (exact) mass is 348 g/mol. The van der Waals surface area contributed by atoms with Crippen molar-refractivity contribution in [3.05, 3.63) is 74.2 Å². The van der Waals surface area contributed by atoms with Crippen LogP contribution < -0.4 is 0 Å². The molecule has 0 saturated carbocycles. The zero-order valence-electron chi connectivity index (χ0n) is 11.3. The first kappa shape index (κ1) is 15.2. The number of nitro benzene ring substituents is 1. The Balaban J connectivity index is 2.24. The highest BCUT2D eigenvalue weighted by molar-refractivity contribution is 9.10. The van der Waals surface area contributed by atoms with Gasteiger partial charge < -0.3 is 4.90 Å². The number of amides is 1. The number of benzene rings is 2. The zero-order chi connectivity index (χ0) is 15.4. The maximum atomic E-state index is 12.4. The van der Waals surface area contributed by atoms with E-state index < -0.39 is 4.92 Å². The second-order valence-electron chi connectivity index (χ2n) is 4.53. The molecule has 0 radical (unpaired) electrons. The number of rotatable bonds is 4. The van der Waals surface area contributed by atoms with Crippen LogP contribution in [-0.2, 0) is 6.54 Å². The van der Waals surface area contributed by atoms with Crippen LogP contribution in [0.4, 0.5) is 5.69 Å². The van der Waals surface area contributed by atoms with Gasteiger partial charge in [-0.3, -0.25) is 14.9 Å². The Morgan fingerprint density at radius 1 is 1.19 bits per heavy atom. The first-order valence-electron chi connectivity index (χ1n) is 6.23. The van der Waals surface area contributed by atoms with E-state index in [-0.39, 0.29) is 17.2 Å². The summed E-state index contributed by atoms with van der Waals surface area (Å²) in [6, 6.07) is 13.5. The minimum Gasteiger partial charge on any atom is -0.337 e. The van der Waals surface area contributed by atoms with Crippen molar-refractivity contribution in [2.75, 3.05) is 7.05 Å². The van der Waals surface area contributed by atoms with Crippen molar-refractivity contribution in [3.8, 4) is 0 Å². The normalized spacial score (nSPS) is 10.2. The van der Waals surface area contributed by atoms with Gasteiger partial charge in [0, 0.05) is 24.1 Å². The summed E-state index contributed by atoms with van der Waals surface area (Å²) in [4.78, 5) is 24.3. The third-order valence-electron chi connectivity index (χ3n) is 3.04. The lowest BCUT2D eigenvalue weighted by Gasteiger charge is -2.18. The molecule has 0 saturated heterocycles. The summed E-state index contributed by atoms with van der Waals surface area (Å²) in [5.41, 5.74) is 0.852. The minimum absolute atomic E-state index is 0.0945. The standard InChI is InChI=1S/C15H13BrN2O3/c1-17(10-11-6-2-4-8-13(11)16)15(19)12-7-3-5-9-14(12)18(20)21/h2-9H,10H2,1H3. The number of hydrogen-bond acceptors (Lipinski definition) is 3. The van der Waals surface area contributed by atoms with Gasteiger partial charge in [-0.25, -0.2) is 0 Å². The van der Waals surface area contributed by atoms with Crippen LogP contribution >= 0.6 is 15.9 Å². The first-order valence-corrected chi connectivity index (χ1v) is 7.02. The summed E-state index contributed by atoms with van der Waals surface area (Å²) < 4.78 is 0.896. The highest BCUT2D eigenvalue weighted by Gasteiger charge is 2.22. The molecule has 0 N–H and O–H groups in total. The quantitative estimate of drug-likeness (QED) is 0.625. The van der Waals surface area contributed by atoms with Gasteiger partial charge in [-0.15, -0.1) is 0 Å². The number of nitrogens with zero attached hydrogens (tertiary/aromatic N) is 2. The van der Waals surface area contributed by atoms with E-state index in [1.54, 1.807) is 19.2 Å². The molecule has 0 heterocycles. The molecular weight excluding hydrogens is 336 g/mol. The molecule has 21 heavy (non-hydrogen) atoms. The van der Waals surface area contributed by atoms with Crippen molar-refractivity contribution in [2.45, 2.75) is 6.54 Å². The lowest BCUT2D eigenvalue weighted by molar-refractivity contribution is -0.385. The molecule has 0 aliphatic carbocycles. The fourth-order valence-electron chi connectivity index (χ4n) is 1.97. The van der Waals surface area contributed by atoms with Crippen molar-refractivity contribution in [1.29, 1.82) is 0 Å². The molecule has 0 fully saturated rings. The Labute approximate surface area is 130 Å². The molecule has 0 unspecified atom stereocenters. The molecule has 0 aliphatic heterocycles. The summed E-state index contributed by atoms with van der Waals surface area (Å²) >= 11 is 3.42. The summed E-state index contributed by atoms with van der Waals surface area (Å²) in [5.74, 6) is -0.377. The molecule has 108 valence electrons. The molecule has 0 atom stereocenters. The van der Waals surface area contributed by atoms with E-state index in [1.165, 1.54) is 17.0 Å². The van der Waals surface area contributed by atoms with Gasteiger partial charge in [0.2, 0.25) is 0 Å². The van der Waals surface area contributed by atoms with Crippen LogP contribution in [0.2, 0.25) is 0 Å². The van der Waals surface area contributed by atoms with E-state index in [0.717, 1.165) is 10.0 Å². The largest absolute Gasteiger partial charge is 0.337 e. The van der Waals surface area contributed by atoms with Gasteiger partial charge in [-0.1, -0.05) is 46.3 Å². The summed E-state index contributed by atoms with van der Waals surface area (Å²) in [7, 11) is 1.62. The maximum Gasteiger partial charge on any atom is 0.282 e. The van der Waals surface area contributed by atoms with Crippen molar-refractivity contribution < 1.29 is 9.72 Å². The molecule has 2 aromatic carbocycles. The number of halogens is 1. The van der Waals surface area contributed by atoms with Crippen LogP contribution in [0.1, 0.15) is 15.9 Å². The van der Waals surface area contributed by atoms with Gasteiger partial charge in [-0.05, 0) is 17.7 Å². The lowest BCUT2D eigenvalue weighted by Crippen LogP contribution is -2.27. The Morgan fingerprint density at radius 3 is 2.48 bits per heavy atom. The molecule has 0 spiro atoms. The predicted molar refractivity (Wildman–Crippen MR) is 83.0 cm³/mol. The van der Waals surface area contributed by atoms with Gasteiger partial charge in [0.1, 0.15) is 5.56 Å². The minimum atomic E-state index is -0.542. The van der Waals surface area contributed by atoms with Gasteiger partial charge in [0.15, 0.2) is 0 Å². The van der Waals surface area contributed by atoms with Crippen molar-refractivity contribution >= 4 is 27.5 Å². The highest BCUT2D eigenvalue weighted by Crippen LogP contribution is 2.22. The Bertz CT molecular complexity index is 688. The highest BCUT2D eigenvalue weighted by atomic mass is 79.9. The maximum absolute atomic E-state index is 12.4. The second-order valence-corrected chi connectivity index (χ2v) is 5.38. The fraction of sp³-hybridized carbons (Fsp3) is 0.133. The van der Waals surface area contributed by atoms with Crippen molar-refractivity contribution in [1.82, 2.24) is 4.90 Å². The third kappa shape index (κ3) is 3.46. The molecule has 1 amide bonds. The van der Waals surface area contributed by atoms with Crippen molar-refractivity contribution in [3.63, 3.8) is 0 Å². The number of carbonyl (C=O) groups is 1. The van der Waals surface area contributed by atoms with Crippen LogP contribution in [0.5, 0.6) is 0 Å². The van der Waals surface area contributed by atoms with Crippen molar-refractivity contribution in [2.24, 2.45) is 0 Å². The van der Waals surface area contributed by atoms with E-state index in [1.807, 2.05) is 24.3 Å². The molecule has 6 heteroatoms. The Hall–Kier alpha value is -2.21. The fourth-order valence-corrected chi connectivity index (χ4v) is 2.38. The number of para-hydroxylation sites is 1. The van der Waals surface area contributed by atoms with E-state index in [9.17, 15) is 14.9 Å². The number of hydrogen-bond donors (Lipinski definition) is 0. The average Bonchev–Trinajstić information content (AvgIpc) is 2.48. The third-order valence-corrected chi connectivity index (χ3v) is 3.82. The molecule has 2 aromatic rings.